The Morgan fingerprint density at radius 1 is 1.21 bits per heavy atom. The molecule has 2 aliphatic rings. The van der Waals surface area contributed by atoms with Crippen LogP contribution in [0.4, 0.5) is 0 Å². The highest BCUT2D eigenvalue weighted by Gasteiger charge is 2.32. The summed E-state index contributed by atoms with van der Waals surface area (Å²) < 4.78 is 0. The predicted molar refractivity (Wildman–Crippen MR) is 50.3 cm³/mol. The highest BCUT2D eigenvalue weighted by Crippen LogP contribution is 2.20. The molecule has 0 saturated carbocycles. The van der Waals surface area contributed by atoms with Crippen molar-refractivity contribution in [3.05, 3.63) is 0 Å². The van der Waals surface area contributed by atoms with Crippen molar-refractivity contribution >= 4 is 11.8 Å². The second-order valence-electron chi connectivity index (χ2n) is 4.04. The van der Waals surface area contributed by atoms with Crippen molar-refractivity contribution < 1.29 is 9.59 Å². The number of rotatable bonds is 0. The zero-order chi connectivity index (χ0) is 10.1. The molecule has 0 aromatic carbocycles. The molecule has 14 heavy (non-hydrogen) atoms. The number of nitrogens with two attached hydrogens (primary N) is 1. The monoisotopic (exact) mass is 197 g/mol. The summed E-state index contributed by atoms with van der Waals surface area (Å²) in [4.78, 5) is 23.6. The molecule has 2 aliphatic heterocycles. The van der Waals surface area contributed by atoms with Gasteiger partial charge in [-0.25, -0.2) is 0 Å². The van der Waals surface area contributed by atoms with Crippen molar-refractivity contribution in [2.24, 2.45) is 5.73 Å². The minimum absolute atomic E-state index is 0.353. The van der Waals surface area contributed by atoms with E-state index in [0.29, 0.717) is 25.2 Å². The van der Waals surface area contributed by atoms with Gasteiger partial charge in [0.25, 0.3) is 0 Å². The molecule has 0 spiro atoms. The number of nitrogens with one attached hydrogen (secondary N) is 1. The van der Waals surface area contributed by atoms with Gasteiger partial charge in [-0.15, -0.1) is 0 Å². The number of hydrogen-bond donors (Lipinski definition) is 2. The summed E-state index contributed by atoms with van der Waals surface area (Å²) in [6, 6.07) is 0.872. The van der Waals surface area contributed by atoms with Crippen LogP contribution in [0.25, 0.3) is 0 Å². The van der Waals surface area contributed by atoms with E-state index in [1.165, 1.54) is 6.42 Å². The molecule has 2 bridgehead atoms. The highest BCUT2D eigenvalue weighted by atomic mass is 16.2. The van der Waals surface area contributed by atoms with Crippen molar-refractivity contribution in [3.63, 3.8) is 0 Å². The maximum atomic E-state index is 11.4. The lowest BCUT2D eigenvalue weighted by Crippen LogP contribution is -2.44. The van der Waals surface area contributed by atoms with Gasteiger partial charge in [-0.05, 0) is 19.3 Å². The number of hydrogen-bond acceptors (Lipinski definition) is 3. The molecule has 5 heteroatoms. The fraction of sp³-hybridized carbons (Fsp3) is 0.778. The lowest BCUT2D eigenvalue weighted by molar-refractivity contribution is -0.144. The minimum atomic E-state index is -0.845. The van der Waals surface area contributed by atoms with Crippen molar-refractivity contribution in [2.45, 2.75) is 31.3 Å². The first-order valence-electron chi connectivity index (χ1n) is 5.01. The van der Waals surface area contributed by atoms with Crippen LogP contribution in [0.1, 0.15) is 19.3 Å². The van der Waals surface area contributed by atoms with Gasteiger partial charge in [0.15, 0.2) is 0 Å². The zero-order valence-corrected chi connectivity index (χ0v) is 8.03. The maximum Gasteiger partial charge on any atom is 0.311 e. The lowest BCUT2D eigenvalue weighted by Gasteiger charge is -2.22. The van der Waals surface area contributed by atoms with Crippen LogP contribution >= 0.6 is 0 Å². The molecule has 0 radical (unpaired) electrons. The van der Waals surface area contributed by atoms with E-state index in [9.17, 15) is 9.59 Å². The van der Waals surface area contributed by atoms with Gasteiger partial charge in [-0.2, -0.15) is 0 Å². The first-order chi connectivity index (χ1) is 6.66. The minimum Gasteiger partial charge on any atom is -0.361 e. The summed E-state index contributed by atoms with van der Waals surface area (Å²) in [6.45, 7) is 1.27. The van der Waals surface area contributed by atoms with Gasteiger partial charge >= 0.3 is 11.8 Å². The molecule has 2 fully saturated rings. The van der Waals surface area contributed by atoms with Crippen molar-refractivity contribution in [1.82, 2.24) is 10.2 Å². The molecule has 2 atom stereocenters. The molecule has 78 valence electrons. The Labute approximate surface area is 82.6 Å². The zero-order valence-electron chi connectivity index (χ0n) is 8.03. The van der Waals surface area contributed by atoms with Crippen molar-refractivity contribution in [3.8, 4) is 0 Å². The summed E-state index contributed by atoms with van der Waals surface area (Å²) in [5, 5.41) is 3.43. The van der Waals surface area contributed by atoms with Gasteiger partial charge in [0.05, 0.1) is 0 Å². The van der Waals surface area contributed by atoms with Gasteiger partial charge in [-0.3, -0.25) is 9.59 Å². The quantitative estimate of drug-likeness (QED) is 0.480. The predicted octanol–water partition coefficient (Wildman–Crippen LogP) is -1.18. The molecule has 2 saturated heterocycles. The van der Waals surface area contributed by atoms with Crippen molar-refractivity contribution in [2.75, 3.05) is 13.1 Å². The number of fused-ring (bicyclic) bond motifs is 2. The summed E-state index contributed by atoms with van der Waals surface area (Å²) >= 11 is 0. The van der Waals surface area contributed by atoms with Crippen molar-refractivity contribution in [1.29, 1.82) is 0 Å². The van der Waals surface area contributed by atoms with E-state index in [0.717, 1.165) is 12.8 Å². The van der Waals surface area contributed by atoms with Crippen LogP contribution in [0.15, 0.2) is 0 Å². The Morgan fingerprint density at radius 3 is 2.64 bits per heavy atom. The molecule has 0 aliphatic carbocycles. The first kappa shape index (κ1) is 9.45. The number of likely N-dealkylation sites (tertiary alicyclic amines) is 1. The molecule has 2 unspecified atom stereocenters. The van der Waals surface area contributed by atoms with E-state index >= 15 is 0 Å². The second-order valence-corrected chi connectivity index (χ2v) is 4.04. The largest absolute Gasteiger partial charge is 0.361 e. The molecule has 3 N–H and O–H groups in total. The average Bonchev–Trinajstić information content (AvgIpc) is 2.45. The Balaban J connectivity index is 2.01. The van der Waals surface area contributed by atoms with E-state index in [1.807, 2.05) is 0 Å². The van der Waals surface area contributed by atoms with Gasteiger partial charge in [-0.1, -0.05) is 0 Å². The molecule has 0 aromatic rings. The molecular formula is C9H15N3O2. The summed E-state index contributed by atoms with van der Waals surface area (Å²) in [6.07, 6.45) is 3.20. The van der Waals surface area contributed by atoms with E-state index in [1.54, 1.807) is 4.90 Å². The topological polar surface area (TPSA) is 75.4 Å². The SMILES string of the molecule is NC(=O)C(=O)N1CCC2CCC(C1)N2. The first-order valence-corrected chi connectivity index (χ1v) is 5.01. The second kappa shape index (κ2) is 3.57. The molecular weight excluding hydrogens is 182 g/mol. The van der Waals surface area contributed by atoms with Crippen LogP contribution in [0.5, 0.6) is 0 Å². The molecule has 2 rings (SSSR count). The molecule has 5 nitrogen and oxygen atoms in total. The maximum absolute atomic E-state index is 11.4. The van der Waals surface area contributed by atoms with Crippen LogP contribution in [0.3, 0.4) is 0 Å². The normalized spacial score (nSPS) is 31.3. The van der Waals surface area contributed by atoms with E-state index in [4.69, 9.17) is 5.73 Å². The molecule has 2 amide bonds. The number of carbonyl (C=O) groups excluding carboxylic acids is 2. The molecule has 0 aromatic heterocycles. The smallest absolute Gasteiger partial charge is 0.311 e. The standard InChI is InChI=1S/C9H15N3O2/c10-8(13)9(14)12-4-3-6-1-2-7(5-12)11-6/h6-7,11H,1-5H2,(H2,10,13). The number of carbonyl (C=O) groups is 2. The lowest BCUT2D eigenvalue weighted by atomic mass is 10.1. The van der Waals surface area contributed by atoms with Crippen LogP contribution in [-0.4, -0.2) is 41.9 Å². The number of nitrogens with zero attached hydrogens (tertiary/aromatic N) is 1. The Hall–Kier alpha value is -1.10. The van der Waals surface area contributed by atoms with E-state index in [-0.39, 0.29) is 0 Å². The van der Waals surface area contributed by atoms with Gasteiger partial charge in [0.1, 0.15) is 0 Å². The van der Waals surface area contributed by atoms with Gasteiger partial charge in [0.2, 0.25) is 0 Å². The van der Waals surface area contributed by atoms with Crippen LogP contribution in [0, 0.1) is 0 Å². The fourth-order valence-corrected chi connectivity index (χ4v) is 2.28. The third kappa shape index (κ3) is 1.72. The highest BCUT2D eigenvalue weighted by molar-refractivity contribution is 6.34. The summed E-state index contributed by atoms with van der Waals surface area (Å²) in [5.41, 5.74) is 4.97. The van der Waals surface area contributed by atoms with Crippen LogP contribution in [-0.2, 0) is 9.59 Å². The number of amides is 2. The summed E-state index contributed by atoms with van der Waals surface area (Å²) in [5.74, 6) is -1.39. The van der Waals surface area contributed by atoms with Crippen LogP contribution < -0.4 is 11.1 Å². The third-order valence-electron chi connectivity index (χ3n) is 3.02. The van der Waals surface area contributed by atoms with E-state index in [2.05, 4.69) is 5.32 Å². The Morgan fingerprint density at radius 2 is 1.93 bits per heavy atom. The van der Waals surface area contributed by atoms with Gasteiger partial charge in [0, 0.05) is 25.2 Å². The third-order valence-corrected chi connectivity index (χ3v) is 3.02. The fourth-order valence-electron chi connectivity index (χ4n) is 2.28. The van der Waals surface area contributed by atoms with E-state index < -0.39 is 11.8 Å². The Bertz CT molecular complexity index is 267. The molecule has 2 heterocycles. The summed E-state index contributed by atoms with van der Waals surface area (Å²) in [7, 11) is 0. The van der Waals surface area contributed by atoms with Crippen LogP contribution in [0.2, 0.25) is 0 Å². The Kier molecular flexibility index (Phi) is 2.41. The average molecular weight is 197 g/mol. The van der Waals surface area contributed by atoms with Gasteiger partial charge < -0.3 is 16.0 Å². The number of primary amides is 1.